The summed E-state index contributed by atoms with van der Waals surface area (Å²) in [6.07, 6.45) is 1.60. The molecule has 94 valence electrons. The molecule has 18 heavy (non-hydrogen) atoms. The first-order valence-electron chi connectivity index (χ1n) is 5.74. The van der Waals surface area contributed by atoms with Crippen molar-refractivity contribution in [1.29, 1.82) is 0 Å². The van der Waals surface area contributed by atoms with Crippen molar-refractivity contribution in [3.8, 4) is 5.75 Å². The van der Waals surface area contributed by atoms with Crippen LogP contribution in [0.5, 0.6) is 5.75 Å². The second-order valence-electron chi connectivity index (χ2n) is 4.09. The van der Waals surface area contributed by atoms with Crippen molar-refractivity contribution in [2.45, 2.75) is 19.6 Å². The van der Waals surface area contributed by atoms with Crippen molar-refractivity contribution in [3.63, 3.8) is 0 Å². The van der Waals surface area contributed by atoms with Crippen LogP contribution < -0.4 is 10.5 Å². The fourth-order valence-electron chi connectivity index (χ4n) is 1.52. The Morgan fingerprint density at radius 1 is 1.28 bits per heavy atom. The molecule has 0 aliphatic carbocycles. The fourth-order valence-corrected chi connectivity index (χ4v) is 1.52. The minimum Gasteiger partial charge on any atom is -0.487 e. The first-order valence-corrected chi connectivity index (χ1v) is 5.74. The second kappa shape index (κ2) is 5.60. The van der Waals surface area contributed by atoms with E-state index < -0.39 is 0 Å². The summed E-state index contributed by atoms with van der Waals surface area (Å²) in [5, 5.41) is 0. The molecule has 1 aromatic carbocycles. The summed E-state index contributed by atoms with van der Waals surface area (Å²) >= 11 is 0. The quantitative estimate of drug-likeness (QED) is 0.902. The van der Waals surface area contributed by atoms with E-state index in [4.69, 9.17) is 10.5 Å². The smallest absolute Gasteiger partial charge is 0.138 e. The van der Waals surface area contributed by atoms with Gasteiger partial charge in [0.25, 0.3) is 0 Å². The van der Waals surface area contributed by atoms with Crippen molar-refractivity contribution in [2.75, 3.05) is 0 Å². The number of aromatic nitrogens is 1. The molecule has 0 unspecified atom stereocenters. The topological polar surface area (TPSA) is 48.1 Å². The van der Waals surface area contributed by atoms with E-state index in [1.54, 1.807) is 36.5 Å². The summed E-state index contributed by atoms with van der Waals surface area (Å²) < 4.78 is 18.8. The SMILES string of the molecule is C[C@@H](N)c1ccc(OCc2ccccc2F)cn1. The third-order valence-corrected chi connectivity index (χ3v) is 2.58. The van der Waals surface area contributed by atoms with Crippen molar-refractivity contribution >= 4 is 0 Å². The third-order valence-electron chi connectivity index (χ3n) is 2.58. The van der Waals surface area contributed by atoms with E-state index in [1.165, 1.54) is 6.07 Å². The highest BCUT2D eigenvalue weighted by Gasteiger charge is 2.03. The normalized spacial score (nSPS) is 12.2. The Morgan fingerprint density at radius 3 is 2.67 bits per heavy atom. The zero-order valence-corrected chi connectivity index (χ0v) is 10.1. The largest absolute Gasteiger partial charge is 0.487 e. The molecule has 0 spiro atoms. The molecule has 2 rings (SSSR count). The molecule has 1 heterocycles. The molecule has 0 fully saturated rings. The van der Waals surface area contributed by atoms with E-state index >= 15 is 0 Å². The summed E-state index contributed by atoms with van der Waals surface area (Å²) in [6.45, 7) is 2.05. The summed E-state index contributed by atoms with van der Waals surface area (Å²) in [5.41, 5.74) is 7.02. The highest BCUT2D eigenvalue weighted by Crippen LogP contribution is 2.15. The van der Waals surface area contributed by atoms with Crippen molar-refractivity contribution in [2.24, 2.45) is 5.73 Å². The van der Waals surface area contributed by atoms with Gasteiger partial charge in [-0.2, -0.15) is 0 Å². The maximum Gasteiger partial charge on any atom is 0.138 e. The first-order chi connectivity index (χ1) is 8.66. The number of pyridine rings is 1. The predicted octanol–water partition coefficient (Wildman–Crippen LogP) is 2.82. The van der Waals surface area contributed by atoms with Crippen LogP contribution in [-0.4, -0.2) is 4.98 Å². The maximum absolute atomic E-state index is 13.4. The lowest BCUT2D eigenvalue weighted by Crippen LogP contribution is -2.07. The number of rotatable bonds is 4. The van der Waals surface area contributed by atoms with E-state index in [2.05, 4.69) is 4.98 Å². The van der Waals surface area contributed by atoms with Crippen molar-refractivity contribution in [3.05, 3.63) is 59.7 Å². The van der Waals surface area contributed by atoms with Crippen molar-refractivity contribution < 1.29 is 9.13 Å². The van der Waals surface area contributed by atoms with Gasteiger partial charge in [0.05, 0.1) is 11.9 Å². The lowest BCUT2D eigenvalue weighted by Gasteiger charge is -2.08. The van der Waals surface area contributed by atoms with Gasteiger partial charge in [-0.25, -0.2) is 4.39 Å². The molecule has 1 aromatic heterocycles. The maximum atomic E-state index is 13.4. The summed E-state index contributed by atoms with van der Waals surface area (Å²) in [7, 11) is 0. The van der Waals surface area contributed by atoms with Gasteiger partial charge >= 0.3 is 0 Å². The van der Waals surface area contributed by atoms with Gasteiger partial charge in [0.1, 0.15) is 18.2 Å². The van der Waals surface area contributed by atoms with Gasteiger partial charge in [-0.3, -0.25) is 4.98 Å². The standard InChI is InChI=1S/C14H15FN2O/c1-10(16)14-7-6-12(8-17-14)18-9-11-4-2-3-5-13(11)15/h2-8,10H,9,16H2,1H3/t10-/m1/s1. The van der Waals surface area contributed by atoms with Crippen LogP contribution in [0.25, 0.3) is 0 Å². The minimum atomic E-state index is -0.266. The van der Waals surface area contributed by atoms with Gasteiger partial charge < -0.3 is 10.5 Å². The van der Waals surface area contributed by atoms with Gasteiger partial charge in [-0.15, -0.1) is 0 Å². The van der Waals surface area contributed by atoms with Gasteiger partial charge in [0, 0.05) is 11.6 Å². The molecule has 2 aromatic rings. The van der Waals surface area contributed by atoms with E-state index in [0.717, 1.165) is 5.69 Å². The van der Waals surface area contributed by atoms with Gasteiger partial charge in [0.15, 0.2) is 0 Å². The first kappa shape index (κ1) is 12.5. The minimum absolute atomic E-state index is 0.106. The number of hydrogen-bond donors (Lipinski definition) is 1. The zero-order chi connectivity index (χ0) is 13.0. The monoisotopic (exact) mass is 246 g/mol. The Labute approximate surface area is 105 Å². The van der Waals surface area contributed by atoms with Gasteiger partial charge in [-0.05, 0) is 25.1 Å². The summed E-state index contributed by atoms with van der Waals surface area (Å²) in [4.78, 5) is 4.17. The van der Waals surface area contributed by atoms with Crippen LogP contribution in [0.2, 0.25) is 0 Å². The molecule has 3 nitrogen and oxygen atoms in total. The predicted molar refractivity (Wildman–Crippen MR) is 67.6 cm³/mol. The molecule has 0 saturated heterocycles. The lowest BCUT2D eigenvalue weighted by molar-refractivity contribution is 0.298. The molecule has 0 radical (unpaired) electrons. The average Bonchev–Trinajstić information content (AvgIpc) is 2.38. The van der Waals surface area contributed by atoms with Crippen molar-refractivity contribution in [1.82, 2.24) is 4.98 Å². The van der Waals surface area contributed by atoms with Crippen LogP contribution in [0.3, 0.4) is 0 Å². The number of nitrogens with zero attached hydrogens (tertiary/aromatic N) is 1. The molecule has 1 atom stereocenters. The molecule has 0 amide bonds. The Balaban J connectivity index is 2.00. The van der Waals surface area contributed by atoms with Crippen LogP contribution >= 0.6 is 0 Å². The molecule has 4 heteroatoms. The Morgan fingerprint density at radius 2 is 2.06 bits per heavy atom. The second-order valence-corrected chi connectivity index (χ2v) is 4.09. The third kappa shape index (κ3) is 3.05. The Hall–Kier alpha value is -1.94. The van der Waals surface area contributed by atoms with Crippen LogP contribution in [0.15, 0.2) is 42.6 Å². The zero-order valence-electron chi connectivity index (χ0n) is 10.1. The van der Waals surface area contributed by atoms with Crippen LogP contribution in [0.4, 0.5) is 4.39 Å². The van der Waals surface area contributed by atoms with Crippen LogP contribution in [-0.2, 0) is 6.61 Å². The molecule has 0 aliphatic heterocycles. The summed E-state index contributed by atoms with van der Waals surface area (Å²) in [6, 6.07) is 10.0. The Bertz CT molecular complexity index is 511. The van der Waals surface area contributed by atoms with Gasteiger partial charge in [0.2, 0.25) is 0 Å². The average molecular weight is 246 g/mol. The van der Waals surface area contributed by atoms with Gasteiger partial charge in [-0.1, -0.05) is 18.2 Å². The highest BCUT2D eigenvalue weighted by atomic mass is 19.1. The fraction of sp³-hybridized carbons (Fsp3) is 0.214. The molecule has 0 aliphatic rings. The van der Waals surface area contributed by atoms with E-state index in [-0.39, 0.29) is 18.5 Å². The summed E-state index contributed by atoms with van der Waals surface area (Å²) in [5.74, 6) is 0.334. The lowest BCUT2D eigenvalue weighted by atomic mass is 10.2. The number of nitrogens with two attached hydrogens (primary N) is 1. The number of benzene rings is 1. The number of hydrogen-bond acceptors (Lipinski definition) is 3. The highest BCUT2D eigenvalue weighted by molar-refractivity contribution is 5.22. The molecular formula is C14H15FN2O. The van der Waals surface area contributed by atoms with E-state index in [9.17, 15) is 4.39 Å². The molecular weight excluding hydrogens is 231 g/mol. The van der Waals surface area contributed by atoms with E-state index in [1.807, 2.05) is 6.92 Å². The molecule has 0 saturated carbocycles. The number of ether oxygens (including phenoxy) is 1. The molecule has 0 bridgehead atoms. The van der Waals surface area contributed by atoms with Crippen LogP contribution in [0.1, 0.15) is 24.2 Å². The van der Waals surface area contributed by atoms with Crippen LogP contribution in [0, 0.1) is 5.82 Å². The number of halogens is 1. The van der Waals surface area contributed by atoms with E-state index in [0.29, 0.717) is 11.3 Å². The molecule has 2 N–H and O–H groups in total. The Kier molecular flexibility index (Phi) is 3.89.